The fraction of sp³-hybridized carbons (Fsp3) is 0.290. The van der Waals surface area contributed by atoms with Crippen LogP contribution in [-0.4, -0.2) is 72.5 Å². The zero-order valence-electron chi connectivity index (χ0n) is 23.1. The van der Waals surface area contributed by atoms with Gasteiger partial charge in [-0.05, 0) is 54.6 Å². The Morgan fingerprint density at radius 3 is 2.10 bits per heavy atom. The number of benzene rings is 3. The molecule has 0 atom stereocenters. The molecule has 208 valence electrons. The minimum Gasteiger partial charge on any atom is -0.397 e. The number of anilines is 4. The van der Waals surface area contributed by atoms with Gasteiger partial charge in [0.25, 0.3) is 5.22 Å². The summed E-state index contributed by atoms with van der Waals surface area (Å²) in [5.74, 6) is 1.81. The van der Waals surface area contributed by atoms with Crippen LogP contribution in [0.1, 0.15) is 5.56 Å². The summed E-state index contributed by atoms with van der Waals surface area (Å²) in [7, 11) is 0. The van der Waals surface area contributed by atoms with Gasteiger partial charge in [0, 0.05) is 68.3 Å². The van der Waals surface area contributed by atoms with E-state index in [-0.39, 0.29) is 0 Å². The Morgan fingerprint density at radius 1 is 0.634 bits per heavy atom. The molecule has 41 heavy (non-hydrogen) atoms. The van der Waals surface area contributed by atoms with E-state index in [1.807, 2.05) is 12.1 Å². The zero-order chi connectivity index (χ0) is 27.6. The average molecular weight is 565 g/mol. The van der Waals surface area contributed by atoms with E-state index in [4.69, 9.17) is 14.4 Å². The summed E-state index contributed by atoms with van der Waals surface area (Å²) in [6, 6.07) is 27.8. The minimum absolute atomic E-state index is 0.562. The van der Waals surface area contributed by atoms with Crippen LogP contribution in [0.3, 0.4) is 0 Å². The van der Waals surface area contributed by atoms with Crippen molar-refractivity contribution in [1.29, 1.82) is 0 Å². The lowest BCUT2D eigenvalue weighted by Crippen LogP contribution is -2.48. The van der Waals surface area contributed by atoms with Crippen LogP contribution in [0.5, 0.6) is 0 Å². The first-order chi connectivity index (χ1) is 20.2. The van der Waals surface area contributed by atoms with Crippen LogP contribution < -0.4 is 19.6 Å². The Balaban J connectivity index is 1.05. The standard InChI is InChI=1S/C31H32N8OS/c1-23-9-5-8-14-27(23)41-31-35-34-30(40-31)39-21-19-38(20-22-39)29-32-26-13-7-6-12-25(26)28(33-29)37-17-15-36(16-18-37)24-10-3-2-4-11-24/h2-14H,15-22H2,1H3. The molecule has 0 unspecified atom stereocenters. The molecule has 0 N–H and O–H groups in total. The number of aromatic nitrogens is 4. The molecule has 0 amide bonds. The average Bonchev–Trinajstić information content (AvgIpc) is 3.51. The summed E-state index contributed by atoms with van der Waals surface area (Å²) in [5.41, 5.74) is 3.45. The minimum atomic E-state index is 0.562. The number of hydrogen-bond acceptors (Lipinski definition) is 10. The van der Waals surface area contributed by atoms with Crippen molar-refractivity contribution in [3.05, 3.63) is 84.4 Å². The summed E-state index contributed by atoms with van der Waals surface area (Å²) < 4.78 is 6.03. The van der Waals surface area contributed by atoms with Crippen molar-refractivity contribution in [2.24, 2.45) is 0 Å². The van der Waals surface area contributed by atoms with E-state index in [9.17, 15) is 0 Å². The second kappa shape index (κ2) is 11.3. The van der Waals surface area contributed by atoms with Crippen molar-refractivity contribution in [3.63, 3.8) is 0 Å². The molecule has 9 nitrogen and oxygen atoms in total. The number of hydrogen-bond donors (Lipinski definition) is 0. The first kappa shape index (κ1) is 25.6. The quantitative estimate of drug-likeness (QED) is 0.277. The largest absolute Gasteiger partial charge is 0.397 e. The Morgan fingerprint density at radius 2 is 1.29 bits per heavy atom. The highest BCUT2D eigenvalue weighted by molar-refractivity contribution is 7.99. The van der Waals surface area contributed by atoms with Gasteiger partial charge in [-0.15, -0.1) is 0 Å². The van der Waals surface area contributed by atoms with Gasteiger partial charge in [-0.2, -0.15) is 4.98 Å². The smallest absolute Gasteiger partial charge is 0.318 e. The molecule has 0 aliphatic carbocycles. The number of rotatable bonds is 6. The van der Waals surface area contributed by atoms with Crippen molar-refractivity contribution < 1.29 is 4.42 Å². The van der Waals surface area contributed by atoms with E-state index >= 15 is 0 Å². The maximum absolute atomic E-state index is 6.03. The summed E-state index contributed by atoms with van der Waals surface area (Å²) in [4.78, 5) is 20.5. The molecule has 2 aromatic heterocycles. The maximum atomic E-state index is 6.03. The van der Waals surface area contributed by atoms with Gasteiger partial charge in [0.15, 0.2) is 0 Å². The highest BCUT2D eigenvalue weighted by Crippen LogP contribution is 2.32. The third-order valence-electron chi connectivity index (χ3n) is 7.79. The highest BCUT2D eigenvalue weighted by atomic mass is 32.2. The second-order valence-electron chi connectivity index (χ2n) is 10.4. The van der Waals surface area contributed by atoms with E-state index in [0.29, 0.717) is 11.2 Å². The molecular weight excluding hydrogens is 532 g/mol. The first-order valence-electron chi connectivity index (χ1n) is 14.1. The molecule has 2 fully saturated rings. The summed E-state index contributed by atoms with van der Waals surface area (Å²) >= 11 is 1.51. The van der Waals surface area contributed by atoms with E-state index < -0.39 is 0 Å². The molecule has 5 aromatic rings. The van der Waals surface area contributed by atoms with E-state index in [1.165, 1.54) is 23.0 Å². The highest BCUT2D eigenvalue weighted by Gasteiger charge is 2.26. The normalized spacial score (nSPS) is 16.0. The fourth-order valence-corrected chi connectivity index (χ4v) is 6.24. The van der Waals surface area contributed by atoms with Crippen LogP contribution in [0.4, 0.5) is 23.5 Å². The Labute approximate surface area is 243 Å². The van der Waals surface area contributed by atoms with Gasteiger partial charge in [0.1, 0.15) is 5.82 Å². The fourth-order valence-electron chi connectivity index (χ4n) is 5.48. The molecule has 0 spiro atoms. The first-order valence-corrected chi connectivity index (χ1v) is 14.9. The molecule has 2 aliphatic heterocycles. The predicted octanol–water partition coefficient (Wildman–Crippen LogP) is 5.13. The SMILES string of the molecule is Cc1ccccc1Sc1nnc(N2CCN(c3nc(N4CCN(c5ccccc5)CC4)c4ccccc4n3)CC2)o1. The predicted molar refractivity (Wildman–Crippen MR) is 164 cm³/mol. The Bertz CT molecular complexity index is 1630. The summed E-state index contributed by atoms with van der Waals surface area (Å²) in [5, 5.41) is 10.3. The zero-order valence-corrected chi connectivity index (χ0v) is 23.9. The van der Waals surface area contributed by atoms with E-state index in [1.54, 1.807) is 0 Å². The number of fused-ring (bicyclic) bond motifs is 1. The van der Waals surface area contributed by atoms with Crippen LogP contribution in [0, 0.1) is 6.92 Å². The van der Waals surface area contributed by atoms with Crippen LogP contribution in [-0.2, 0) is 0 Å². The van der Waals surface area contributed by atoms with Gasteiger partial charge >= 0.3 is 6.01 Å². The lowest BCUT2D eigenvalue weighted by atomic mass is 10.2. The molecule has 0 radical (unpaired) electrons. The molecule has 2 aliphatic rings. The van der Waals surface area contributed by atoms with Gasteiger partial charge in [-0.3, -0.25) is 0 Å². The van der Waals surface area contributed by atoms with E-state index in [2.05, 4.69) is 103 Å². The summed E-state index contributed by atoms with van der Waals surface area (Å²) in [6.07, 6.45) is 0. The van der Waals surface area contributed by atoms with Crippen molar-refractivity contribution in [3.8, 4) is 0 Å². The van der Waals surface area contributed by atoms with E-state index in [0.717, 1.165) is 79.9 Å². The van der Waals surface area contributed by atoms with Gasteiger partial charge in [0.05, 0.1) is 5.52 Å². The molecular formula is C31H32N8OS. The number of aryl methyl sites for hydroxylation is 1. The number of piperazine rings is 2. The molecule has 2 saturated heterocycles. The molecule has 3 aromatic carbocycles. The Hall–Kier alpha value is -4.31. The van der Waals surface area contributed by atoms with Crippen LogP contribution in [0.2, 0.25) is 0 Å². The molecule has 0 saturated carbocycles. The van der Waals surface area contributed by atoms with Crippen LogP contribution >= 0.6 is 11.8 Å². The monoisotopic (exact) mass is 564 g/mol. The van der Waals surface area contributed by atoms with Crippen molar-refractivity contribution in [1.82, 2.24) is 20.2 Å². The second-order valence-corrected chi connectivity index (χ2v) is 11.4. The summed E-state index contributed by atoms with van der Waals surface area (Å²) in [6.45, 7) is 8.94. The molecule has 7 rings (SSSR count). The van der Waals surface area contributed by atoms with Crippen LogP contribution in [0.15, 0.2) is 93.4 Å². The topological polar surface area (TPSA) is 77.7 Å². The number of nitrogens with zero attached hydrogens (tertiary/aromatic N) is 8. The van der Waals surface area contributed by atoms with Crippen molar-refractivity contribution in [2.45, 2.75) is 17.0 Å². The van der Waals surface area contributed by atoms with Crippen molar-refractivity contribution >= 4 is 46.1 Å². The van der Waals surface area contributed by atoms with Crippen LogP contribution in [0.25, 0.3) is 10.9 Å². The lowest BCUT2D eigenvalue weighted by Gasteiger charge is -2.38. The number of para-hydroxylation sites is 2. The lowest BCUT2D eigenvalue weighted by molar-refractivity contribution is 0.440. The van der Waals surface area contributed by atoms with Gasteiger partial charge in [-0.1, -0.05) is 58.7 Å². The maximum Gasteiger partial charge on any atom is 0.318 e. The van der Waals surface area contributed by atoms with Crippen molar-refractivity contribution in [2.75, 3.05) is 72.0 Å². The Kier molecular flexibility index (Phi) is 7.06. The van der Waals surface area contributed by atoms with Gasteiger partial charge in [0.2, 0.25) is 5.95 Å². The third kappa shape index (κ3) is 5.39. The molecule has 0 bridgehead atoms. The van der Waals surface area contributed by atoms with Gasteiger partial charge in [-0.25, -0.2) is 4.98 Å². The molecule has 4 heterocycles. The molecule has 10 heteroatoms. The van der Waals surface area contributed by atoms with Gasteiger partial charge < -0.3 is 24.0 Å². The third-order valence-corrected chi connectivity index (χ3v) is 8.81.